The third-order valence-electron chi connectivity index (χ3n) is 5.80. The van der Waals surface area contributed by atoms with Gasteiger partial charge in [0.25, 0.3) is 0 Å². The van der Waals surface area contributed by atoms with Crippen molar-refractivity contribution in [3.05, 3.63) is 48.0 Å². The Morgan fingerprint density at radius 2 is 1.47 bits per heavy atom. The summed E-state index contributed by atoms with van der Waals surface area (Å²) in [5.41, 5.74) is 0.975. The number of amides is 1. The van der Waals surface area contributed by atoms with Crippen LogP contribution in [0.5, 0.6) is 0 Å². The van der Waals surface area contributed by atoms with E-state index >= 15 is 0 Å². The predicted octanol–water partition coefficient (Wildman–Crippen LogP) is 6.86. The number of allylic oxidation sites excluding steroid dienone is 2. The molecule has 0 aliphatic carbocycles. The predicted molar refractivity (Wildman–Crippen MR) is 140 cm³/mol. The third-order valence-corrected chi connectivity index (χ3v) is 6.28. The molecule has 1 aromatic carbocycles. The largest absolute Gasteiger partial charge is 0.469 e. The molecule has 0 fully saturated rings. The van der Waals surface area contributed by atoms with E-state index in [1.807, 2.05) is 30.3 Å². The first-order chi connectivity index (χ1) is 16.4. The van der Waals surface area contributed by atoms with E-state index in [-0.39, 0.29) is 12.5 Å². The van der Waals surface area contributed by atoms with Gasteiger partial charge < -0.3 is 15.1 Å². The van der Waals surface area contributed by atoms with Crippen LogP contribution in [0.3, 0.4) is 0 Å². The highest BCUT2D eigenvalue weighted by molar-refractivity contribution is 7.46. The summed E-state index contributed by atoms with van der Waals surface area (Å²) in [6.45, 7) is 2.02. The Labute approximate surface area is 206 Å². The van der Waals surface area contributed by atoms with Gasteiger partial charge in [-0.05, 0) is 44.1 Å². The Balaban J connectivity index is 2.11. The van der Waals surface area contributed by atoms with Gasteiger partial charge in [-0.3, -0.25) is 9.32 Å². The van der Waals surface area contributed by atoms with Crippen LogP contribution in [-0.4, -0.2) is 28.3 Å². The smallest absolute Gasteiger partial charge is 0.351 e. The lowest BCUT2D eigenvalue weighted by atomic mass is 10.1. The van der Waals surface area contributed by atoms with Gasteiger partial charge >= 0.3 is 7.82 Å². The van der Waals surface area contributed by atoms with E-state index in [9.17, 15) is 9.36 Å². The van der Waals surface area contributed by atoms with Crippen LogP contribution < -0.4 is 5.32 Å². The Kier molecular flexibility index (Phi) is 17.8. The van der Waals surface area contributed by atoms with E-state index < -0.39 is 13.9 Å². The maximum absolute atomic E-state index is 12.3. The van der Waals surface area contributed by atoms with Gasteiger partial charge in [0.1, 0.15) is 0 Å². The van der Waals surface area contributed by atoms with Crippen LogP contribution in [-0.2, 0) is 20.3 Å². The van der Waals surface area contributed by atoms with E-state index in [0.717, 1.165) is 31.2 Å². The number of nitrogens with one attached hydrogen (secondary N) is 1. The summed E-state index contributed by atoms with van der Waals surface area (Å²) in [6.07, 6.45) is 21.2. The molecule has 0 unspecified atom stereocenters. The lowest BCUT2D eigenvalue weighted by molar-refractivity contribution is -0.122. The van der Waals surface area contributed by atoms with Gasteiger partial charge in [-0.1, -0.05) is 101 Å². The van der Waals surface area contributed by atoms with Gasteiger partial charge in [0.05, 0.1) is 12.6 Å². The van der Waals surface area contributed by atoms with Crippen molar-refractivity contribution < 1.29 is 23.7 Å². The first-order valence-electron chi connectivity index (χ1n) is 13.1. The first kappa shape index (κ1) is 30.6. The minimum Gasteiger partial charge on any atom is -0.351 e. The molecule has 0 saturated heterocycles. The van der Waals surface area contributed by atoms with Crippen molar-refractivity contribution in [1.29, 1.82) is 0 Å². The molecule has 1 aromatic rings. The quantitative estimate of drug-likeness (QED) is 0.0983. The molecule has 0 aliphatic rings. The van der Waals surface area contributed by atoms with Crippen molar-refractivity contribution in [1.82, 2.24) is 5.32 Å². The molecule has 0 spiro atoms. The fourth-order valence-electron chi connectivity index (χ4n) is 3.89. The molecule has 1 amide bonds. The number of phosphoric ester groups is 1. The van der Waals surface area contributed by atoms with Crippen LogP contribution in [0.15, 0.2) is 42.5 Å². The number of rotatable bonds is 21. The van der Waals surface area contributed by atoms with Crippen molar-refractivity contribution in [2.75, 3.05) is 6.61 Å². The number of carbonyl (C=O) groups is 1. The van der Waals surface area contributed by atoms with Crippen molar-refractivity contribution in [2.24, 2.45) is 0 Å². The highest BCUT2D eigenvalue weighted by atomic mass is 31.2. The molecular formula is C27H46NO5P. The second-order valence-electron chi connectivity index (χ2n) is 9.07. The normalized spacial score (nSPS) is 12.8. The molecule has 1 atom stereocenters. The topological polar surface area (TPSA) is 95.9 Å². The summed E-state index contributed by atoms with van der Waals surface area (Å²) in [5, 5.41) is 2.87. The summed E-state index contributed by atoms with van der Waals surface area (Å²) in [4.78, 5) is 30.3. The molecule has 0 aromatic heterocycles. The van der Waals surface area contributed by atoms with Crippen LogP contribution in [0.1, 0.15) is 102 Å². The molecule has 3 N–H and O–H groups in total. The molecule has 0 aliphatic heterocycles. The van der Waals surface area contributed by atoms with E-state index in [1.165, 1.54) is 57.8 Å². The van der Waals surface area contributed by atoms with E-state index in [0.29, 0.717) is 12.8 Å². The Morgan fingerprint density at radius 3 is 2.06 bits per heavy atom. The van der Waals surface area contributed by atoms with Crippen molar-refractivity contribution >= 4 is 13.7 Å². The zero-order chi connectivity index (χ0) is 24.9. The van der Waals surface area contributed by atoms with E-state index in [1.54, 1.807) is 0 Å². The molecule has 1 rings (SSSR count). The van der Waals surface area contributed by atoms with Crippen LogP contribution in [0.4, 0.5) is 0 Å². The molecule has 0 bridgehead atoms. The van der Waals surface area contributed by atoms with Gasteiger partial charge in [0.2, 0.25) is 5.91 Å². The van der Waals surface area contributed by atoms with Crippen LogP contribution in [0.2, 0.25) is 0 Å². The second kappa shape index (κ2) is 19.8. The lowest BCUT2D eigenvalue weighted by Gasteiger charge is -2.19. The monoisotopic (exact) mass is 495 g/mol. The van der Waals surface area contributed by atoms with E-state index in [4.69, 9.17) is 9.79 Å². The van der Waals surface area contributed by atoms with Crippen LogP contribution in [0.25, 0.3) is 0 Å². The fraction of sp³-hybridized carbons (Fsp3) is 0.667. The maximum Gasteiger partial charge on any atom is 0.469 e. The second-order valence-corrected chi connectivity index (χ2v) is 10.3. The molecule has 7 heteroatoms. The average molecular weight is 496 g/mol. The number of hydrogen-bond donors (Lipinski definition) is 3. The average Bonchev–Trinajstić information content (AvgIpc) is 2.80. The summed E-state index contributed by atoms with van der Waals surface area (Å²) >= 11 is 0. The summed E-state index contributed by atoms with van der Waals surface area (Å²) in [6, 6.07) is 9.04. The zero-order valence-electron chi connectivity index (χ0n) is 21.0. The Bertz CT molecular complexity index is 704. The Hall–Kier alpha value is -1.46. The SMILES string of the molecule is CCCCCCCC/C=C\CCCCCCCC(=O)N[C@@H](COP(=O)(O)O)Cc1ccccc1. The van der Waals surface area contributed by atoms with Gasteiger partial charge in [0.15, 0.2) is 0 Å². The molecule has 6 nitrogen and oxygen atoms in total. The first-order valence-corrected chi connectivity index (χ1v) is 14.6. The van der Waals surface area contributed by atoms with Crippen molar-refractivity contribution in [3.8, 4) is 0 Å². The van der Waals surface area contributed by atoms with E-state index in [2.05, 4.69) is 28.9 Å². The standard InChI is InChI=1S/C27H46NO5P/c1-2-3-4-5-6-7-8-9-10-11-12-13-14-15-19-22-27(29)28-26(24-33-34(30,31)32)23-25-20-17-16-18-21-25/h9-10,16-18,20-21,26H,2-8,11-15,19,22-24H2,1H3,(H,28,29)(H2,30,31,32)/b10-9-/t26-/m1/s1. The van der Waals surface area contributed by atoms with Gasteiger partial charge in [-0.2, -0.15) is 0 Å². The summed E-state index contributed by atoms with van der Waals surface area (Å²) in [7, 11) is -4.58. The molecule has 0 heterocycles. The zero-order valence-corrected chi connectivity index (χ0v) is 21.9. The summed E-state index contributed by atoms with van der Waals surface area (Å²) < 4.78 is 15.7. The van der Waals surface area contributed by atoms with Crippen LogP contribution in [0, 0.1) is 0 Å². The molecule has 0 radical (unpaired) electrons. The molecular weight excluding hydrogens is 449 g/mol. The van der Waals surface area contributed by atoms with Gasteiger partial charge in [-0.15, -0.1) is 0 Å². The van der Waals surface area contributed by atoms with Crippen LogP contribution >= 0.6 is 7.82 Å². The molecule has 194 valence electrons. The highest BCUT2D eigenvalue weighted by Crippen LogP contribution is 2.35. The molecule has 0 saturated carbocycles. The van der Waals surface area contributed by atoms with Gasteiger partial charge in [0, 0.05) is 6.42 Å². The fourth-order valence-corrected chi connectivity index (χ4v) is 4.27. The lowest BCUT2D eigenvalue weighted by Crippen LogP contribution is -2.39. The number of carbonyl (C=O) groups excluding carboxylic acids is 1. The number of phosphoric acid groups is 1. The minimum absolute atomic E-state index is 0.104. The molecule has 34 heavy (non-hydrogen) atoms. The highest BCUT2D eigenvalue weighted by Gasteiger charge is 2.20. The Morgan fingerprint density at radius 1 is 0.912 bits per heavy atom. The maximum atomic E-state index is 12.3. The number of benzene rings is 1. The number of hydrogen-bond acceptors (Lipinski definition) is 3. The summed E-state index contributed by atoms with van der Waals surface area (Å²) in [5.74, 6) is -0.104. The van der Waals surface area contributed by atoms with Crippen molar-refractivity contribution in [2.45, 2.75) is 109 Å². The number of unbranched alkanes of at least 4 members (excludes halogenated alkanes) is 11. The third kappa shape index (κ3) is 18.9. The minimum atomic E-state index is -4.58. The van der Waals surface area contributed by atoms with Crippen molar-refractivity contribution in [3.63, 3.8) is 0 Å². The van der Waals surface area contributed by atoms with Gasteiger partial charge in [-0.25, -0.2) is 4.57 Å².